The van der Waals surface area contributed by atoms with E-state index in [1.807, 2.05) is 43.3 Å². The molecule has 0 spiro atoms. The highest BCUT2D eigenvalue weighted by atomic mass is 35.5. The normalized spacial score (nSPS) is 11.2. The number of aryl methyl sites for hydroxylation is 1. The molecule has 6 heteroatoms. The minimum atomic E-state index is -0.396. The van der Waals surface area contributed by atoms with E-state index in [-0.39, 0.29) is 0 Å². The van der Waals surface area contributed by atoms with Gasteiger partial charge in [0.15, 0.2) is 0 Å². The zero-order chi connectivity index (χ0) is 20.8. The highest BCUT2D eigenvalue weighted by Gasteiger charge is 2.16. The molecule has 0 radical (unpaired) electrons. The van der Waals surface area contributed by atoms with Gasteiger partial charge >= 0.3 is 5.97 Å². The van der Waals surface area contributed by atoms with Crippen molar-refractivity contribution in [1.82, 2.24) is 0 Å². The Labute approximate surface area is 174 Å². The second kappa shape index (κ2) is 9.26. The zero-order valence-electron chi connectivity index (χ0n) is 16.1. The minimum Gasteiger partial charge on any atom is -0.462 e. The predicted octanol–water partition coefficient (Wildman–Crippen LogP) is 5.80. The second-order valence-electron chi connectivity index (χ2n) is 6.35. The molecule has 2 N–H and O–H groups in total. The summed E-state index contributed by atoms with van der Waals surface area (Å²) in [4.78, 5) is 12.2. The van der Waals surface area contributed by atoms with Crippen LogP contribution in [0.3, 0.4) is 0 Å². The molecule has 3 aromatic rings. The van der Waals surface area contributed by atoms with E-state index >= 15 is 0 Å². The molecular formula is C23H21ClN2O3. The van der Waals surface area contributed by atoms with Gasteiger partial charge in [-0.3, -0.25) is 0 Å². The Morgan fingerprint density at radius 3 is 2.38 bits per heavy atom. The summed E-state index contributed by atoms with van der Waals surface area (Å²) in [5.74, 6) is -0.396. The average molecular weight is 409 g/mol. The van der Waals surface area contributed by atoms with Gasteiger partial charge in [0.25, 0.3) is 0 Å². The monoisotopic (exact) mass is 408 g/mol. The Balaban J connectivity index is 1.92. The first-order valence-electron chi connectivity index (χ1n) is 9.16. The highest BCUT2D eigenvalue weighted by molar-refractivity contribution is 6.35. The van der Waals surface area contributed by atoms with Gasteiger partial charge in [-0.1, -0.05) is 53.2 Å². The van der Waals surface area contributed by atoms with Crippen LogP contribution < -0.4 is 5.32 Å². The lowest BCUT2D eigenvalue weighted by Crippen LogP contribution is -2.08. The van der Waals surface area contributed by atoms with E-state index in [0.717, 1.165) is 11.1 Å². The lowest BCUT2D eigenvalue weighted by Gasteiger charge is -2.14. The quantitative estimate of drug-likeness (QED) is 0.234. The van der Waals surface area contributed by atoms with Crippen molar-refractivity contribution in [3.05, 3.63) is 94.0 Å². The zero-order valence-corrected chi connectivity index (χ0v) is 16.9. The fraction of sp³-hybridized carbons (Fsp3) is 0.130. The molecule has 0 aliphatic carbocycles. The van der Waals surface area contributed by atoms with Crippen molar-refractivity contribution >= 4 is 34.7 Å². The number of carbonyl (C=O) groups excluding carboxylic acids is 1. The Hall–Kier alpha value is -3.31. The van der Waals surface area contributed by atoms with Crippen LogP contribution in [0.1, 0.15) is 34.0 Å². The van der Waals surface area contributed by atoms with Gasteiger partial charge in [0.05, 0.1) is 22.9 Å². The summed E-state index contributed by atoms with van der Waals surface area (Å²) in [6.45, 7) is 4.01. The van der Waals surface area contributed by atoms with Crippen LogP contribution in [-0.2, 0) is 4.74 Å². The fourth-order valence-corrected chi connectivity index (χ4v) is 3.28. The minimum absolute atomic E-state index is 0.301. The van der Waals surface area contributed by atoms with E-state index in [1.165, 1.54) is 0 Å². The van der Waals surface area contributed by atoms with Crippen molar-refractivity contribution in [2.24, 2.45) is 5.16 Å². The topological polar surface area (TPSA) is 70.9 Å². The highest BCUT2D eigenvalue weighted by Crippen LogP contribution is 2.28. The molecule has 148 valence electrons. The van der Waals surface area contributed by atoms with Crippen molar-refractivity contribution in [2.75, 3.05) is 11.9 Å². The Kier molecular flexibility index (Phi) is 6.52. The molecular weight excluding hydrogens is 388 g/mol. The van der Waals surface area contributed by atoms with Crippen LogP contribution >= 0.6 is 11.6 Å². The number of esters is 1. The van der Waals surface area contributed by atoms with Crippen LogP contribution in [0.25, 0.3) is 0 Å². The largest absolute Gasteiger partial charge is 0.462 e. The van der Waals surface area contributed by atoms with Crippen molar-refractivity contribution in [3.8, 4) is 0 Å². The lowest BCUT2D eigenvalue weighted by molar-refractivity contribution is 0.0527. The van der Waals surface area contributed by atoms with Crippen molar-refractivity contribution in [2.45, 2.75) is 13.8 Å². The Bertz CT molecular complexity index is 1060. The molecule has 0 saturated carbocycles. The third kappa shape index (κ3) is 4.58. The number of nitrogens with one attached hydrogen (secondary N) is 1. The molecule has 0 bridgehead atoms. The van der Waals surface area contributed by atoms with Gasteiger partial charge in [0.2, 0.25) is 0 Å². The van der Waals surface area contributed by atoms with E-state index < -0.39 is 5.97 Å². The number of hydrogen-bond acceptors (Lipinski definition) is 5. The number of carbonyl (C=O) groups is 1. The molecule has 0 atom stereocenters. The third-order valence-electron chi connectivity index (χ3n) is 4.43. The van der Waals surface area contributed by atoms with Crippen LogP contribution in [0, 0.1) is 6.92 Å². The van der Waals surface area contributed by atoms with Crippen LogP contribution in [0.2, 0.25) is 5.02 Å². The molecule has 5 nitrogen and oxygen atoms in total. The second-order valence-corrected chi connectivity index (χ2v) is 6.76. The molecule has 0 saturated heterocycles. The molecule has 29 heavy (non-hydrogen) atoms. The van der Waals surface area contributed by atoms with Crippen LogP contribution in [-0.4, -0.2) is 23.5 Å². The van der Waals surface area contributed by atoms with E-state index in [1.54, 1.807) is 37.3 Å². The van der Waals surface area contributed by atoms with Gasteiger partial charge in [-0.15, -0.1) is 0 Å². The number of rotatable bonds is 6. The van der Waals surface area contributed by atoms with E-state index in [4.69, 9.17) is 16.3 Å². The van der Waals surface area contributed by atoms with E-state index in [0.29, 0.717) is 39.8 Å². The molecule has 0 amide bonds. The number of para-hydroxylation sites is 1. The van der Waals surface area contributed by atoms with Crippen molar-refractivity contribution in [1.29, 1.82) is 0 Å². The fourth-order valence-electron chi connectivity index (χ4n) is 3.01. The summed E-state index contributed by atoms with van der Waals surface area (Å²) >= 11 is 6.50. The van der Waals surface area contributed by atoms with E-state index in [2.05, 4.69) is 10.5 Å². The van der Waals surface area contributed by atoms with Crippen molar-refractivity contribution < 1.29 is 14.7 Å². The molecule has 0 unspecified atom stereocenters. The number of benzene rings is 3. The first kappa shape index (κ1) is 20.4. The lowest BCUT2D eigenvalue weighted by atomic mass is 9.98. The van der Waals surface area contributed by atoms with Crippen LogP contribution in [0.15, 0.2) is 71.9 Å². The third-order valence-corrected chi connectivity index (χ3v) is 4.74. The number of nitrogens with zero attached hydrogens (tertiary/aromatic N) is 1. The molecule has 0 aromatic heterocycles. The first-order chi connectivity index (χ1) is 14.0. The summed E-state index contributed by atoms with van der Waals surface area (Å²) in [6, 6.07) is 20.0. The maximum atomic E-state index is 12.2. The SMILES string of the molecule is CCOC(=O)c1ccccc1Nc1ccc(C(=NO)c2ccccc2C)c(Cl)c1. The molecule has 3 aromatic carbocycles. The molecule has 0 aliphatic rings. The number of oxime groups is 1. The summed E-state index contributed by atoms with van der Waals surface area (Å²) in [7, 11) is 0. The number of anilines is 2. The van der Waals surface area contributed by atoms with Gasteiger partial charge < -0.3 is 15.3 Å². The summed E-state index contributed by atoms with van der Waals surface area (Å²) < 4.78 is 5.11. The predicted molar refractivity (Wildman–Crippen MR) is 116 cm³/mol. The Morgan fingerprint density at radius 2 is 1.72 bits per heavy atom. The van der Waals surface area contributed by atoms with Crippen molar-refractivity contribution in [3.63, 3.8) is 0 Å². The van der Waals surface area contributed by atoms with E-state index in [9.17, 15) is 10.0 Å². The smallest absolute Gasteiger partial charge is 0.340 e. The maximum Gasteiger partial charge on any atom is 0.340 e. The van der Waals surface area contributed by atoms with Gasteiger partial charge in [-0.05, 0) is 49.7 Å². The van der Waals surface area contributed by atoms with Gasteiger partial charge in [-0.2, -0.15) is 0 Å². The number of hydrogen-bond donors (Lipinski definition) is 2. The average Bonchev–Trinajstić information content (AvgIpc) is 2.72. The van der Waals surface area contributed by atoms with Gasteiger partial charge in [0, 0.05) is 16.8 Å². The summed E-state index contributed by atoms with van der Waals surface area (Å²) in [6.07, 6.45) is 0. The molecule has 0 heterocycles. The number of halogens is 1. The summed E-state index contributed by atoms with van der Waals surface area (Å²) in [5, 5.41) is 16.7. The van der Waals surface area contributed by atoms with Gasteiger partial charge in [0.1, 0.15) is 5.71 Å². The molecule has 0 aliphatic heterocycles. The van der Waals surface area contributed by atoms with Gasteiger partial charge in [-0.25, -0.2) is 4.79 Å². The van der Waals surface area contributed by atoms with Crippen LogP contribution in [0.5, 0.6) is 0 Å². The summed E-state index contributed by atoms with van der Waals surface area (Å²) in [5.41, 5.74) is 4.51. The maximum absolute atomic E-state index is 12.2. The van der Waals surface area contributed by atoms with Crippen LogP contribution in [0.4, 0.5) is 11.4 Å². The standard InChI is InChI=1S/C23H21ClN2O3/c1-3-29-23(27)19-10-6-7-11-21(19)25-16-12-13-18(20(24)14-16)22(26-28)17-9-5-4-8-15(17)2/h4-14,25,28H,3H2,1-2H3. The number of ether oxygens (including phenoxy) is 1. The Morgan fingerprint density at radius 1 is 1.03 bits per heavy atom. The first-order valence-corrected chi connectivity index (χ1v) is 9.54. The molecule has 3 rings (SSSR count). The molecule has 0 fully saturated rings.